The Bertz CT molecular complexity index is 2640. The van der Waals surface area contributed by atoms with Crippen molar-refractivity contribution in [3.05, 3.63) is 83.0 Å². The Morgan fingerprint density at radius 1 is 0.881 bits per heavy atom. The van der Waals surface area contributed by atoms with Gasteiger partial charge in [-0.1, -0.05) is 29.8 Å². The number of fused-ring (bicyclic) bond motifs is 1. The van der Waals surface area contributed by atoms with E-state index in [0.29, 0.717) is 64.9 Å². The van der Waals surface area contributed by atoms with Gasteiger partial charge in [0.05, 0.1) is 49.0 Å². The fourth-order valence-electron chi connectivity index (χ4n) is 9.55. The van der Waals surface area contributed by atoms with E-state index in [2.05, 4.69) is 46.7 Å². The van der Waals surface area contributed by atoms with E-state index in [9.17, 15) is 28.5 Å². The van der Waals surface area contributed by atoms with Gasteiger partial charge in [0.15, 0.2) is 5.82 Å². The Labute approximate surface area is 393 Å². The zero-order valence-electron chi connectivity index (χ0n) is 37.7. The van der Waals surface area contributed by atoms with Crippen molar-refractivity contribution in [2.45, 2.75) is 37.8 Å². The predicted octanol–water partition coefficient (Wildman–Crippen LogP) is 4.40. The molecule has 4 fully saturated rings. The lowest BCUT2D eigenvalue weighted by Gasteiger charge is -2.44. The molecule has 0 saturated carbocycles. The van der Waals surface area contributed by atoms with Gasteiger partial charge < -0.3 is 34.5 Å². The number of amides is 5. The van der Waals surface area contributed by atoms with Crippen LogP contribution in [0.1, 0.15) is 46.4 Å². The Kier molecular flexibility index (Phi) is 13.2. The zero-order valence-corrected chi connectivity index (χ0v) is 39.4. The molecule has 3 aromatic carbocycles. The van der Waals surface area contributed by atoms with Gasteiger partial charge in [0, 0.05) is 87.8 Å². The summed E-state index contributed by atoms with van der Waals surface area (Å²) in [6, 6.07) is 17.7. The van der Waals surface area contributed by atoms with Gasteiger partial charge in [-0.2, -0.15) is 4.98 Å². The number of anilines is 5. The van der Waals surface area contributed by atoms with Crippen LogP contribution in [0.4, 0.5) is 28.8 Å². The molecule has 1 unspecified atom stereocenters. The van der Waals surface area contributed by atoms with E-state index in [4.69, 9.17) is 21.1 Å². The average molecular weight is 953 g/mol. The summed E-state index contributed by atoms with van der Waals surface area (Å²) in [5.41, 5.74) is 2.73. The maximum absolute atomic E-state index is 13.4. The van der Waals surface area contributed by atoms with Crippen LogP contribution in [-0.2, 0) is 18.9 Å². The third-order valence-electron chi connectivity index (χ3n) is 13.2. The van der Waals surface area contributed by atoms with E-state index in [1.807, 2.05) is 41.3 Å². The van der Waals surface area contributed by atoms with Gasteiger partial charge in [0.2, 0.25) is 23.7 Å². The highest BCUT2D eigenvalue weighted by molar-refractivity contribution is 7.70. The maximum Gasteiger partial charge on any atom is 0.266 e. The molecule has 1 atom stereocenters. The van der Waals surface area contributed by atoms with Crippen LogP contribution < -0.4 is 35.6 Å². The first-order valence-electron chi connectivity index (χ1n) is 22.6. The molecule has 18 nitrogen and oxygen atoms in total. The highest BCUT2D eigenvalue weighted by Crippen LogP contribution is 2.40. The first kappa shape index (κ1) is 46.1. The molecule has 3 N–H and O–H groups in total. The van der Waals surface area contributed by atoms with Crippen molar-refractivity contribution in [1.29, 1.82) is 0 Å². The summed E-state index contributed by atoms with van der Waals surface area (Å²) in [5.74, 6) is -0.489. The molecule has 4 aromatic rings. The summed E-state index contributed by atoms with van der Waals surface area (Å²) in [6.07, 6.45) is 3.69. The summed E-state index contributed by atoms with van der Waals surface area (Å²) in [5, 5.41) is 9.75. The van der Waals surface area contributed by atoms with E-state index in [0.717, 1.165) is 62.7 Å². The number of nitrogens with one attached hydrogen (secondary N) is 3. The molecule has 20 heteroatoms. The number of hydrogen-bond acceptors (Lipinski definition) is 15. The average Bonchev–Trinajstić information content (AvgIpc) is 3.55. The minimum Gasteiger partial charge on any atom is -0.494 e. The van der Waals surface area contributed by atoms with Crippen molar-refractivity contribution in [3.8, 4) is 11.5 Å². The van der Waals surface area contributed by atoms with E-state index in [-0.39, 0.29) is 48.2 Å². The normalized spacial score (nSPS) is 19.8. The summed E-state index contributed by atoms with van der Waals surface area (Å²) in [7, 11) is -0.929. The largest absolute Gasteiger partial charge is 0.494 e. The third-order valence-corrected chi connectivity index (χ3v) is 15.1. The molecule has 0 radical (unpaired) electrons. The fourth-order valence-corrected chi connectivity index (χ4v) is 10.8. The smallest absolute Gasteiger partial charge is 0.266 e. The highest BCUT2D eigenvalue weighted by atomic mass is 35.5. The van der Waals surface area contributed by atoms with Crippen LogP contribution in [0.15, 0.2) is 66.9 Å². The second-order valence-corrected chi connectivity index (χ2v) is 21.6. The van der Waals surface area contributed by atoms with Crippen LogP contribution in [0.2, 0.25) is 5.02 Å². The number of ether oxygens (including phenoxy) is 2. The summed E-state index contributed by atoms with van der Waals surface area (Å²) in [4.78, 5) is 82.9. The molecule has 4 saturated heterocycles. The van der Waals surface area contributed by atoms with Crippen LogP contribution in [0.3, 0.4) is 0 Å². The molecule has 0 aliphatic carbocycles. The second-order valence-electron chi connectivity index (χ2n) is 18.0. The molecule has 67 heavy (non-hydrogen) atoms. The number of benzene rings is 3. The first-order chi connectivity index (χ1) is 32.2. The van der Waals surface area contributed by atoms with Crippen molar-refractivity contribution in [2.75, 3.05) is 101 Å². The van der Waals surface area contributed by atoms with Gasteiger partial charge in [-0.15, -0.1) is 0 Å². The number of piperazine rings is 1. The number of likely N-dealkylation sites (tertiary alicyclic amines) is 1. The Morgan fingerprint density at radius 3 is 2.37 bits per heavy atom. The van der Waals surface area contributed by atoms with Crippen LogP contribution in [-0.4, -0.2) is 157 Å². The Balaban J connectivity index is 0.705. The van der Waals surface area contributed by atoms with Crippen molar-refractivity contribution in [1.82, 2.24) is 34.9 Å². The number of halogens is 1. The Morgan fingerprint density at radius 2 is 1.64 bits per heavy atom. The molecule has 1 aromatic heterocycles. The number of hydrogen-bond donors (Lipinski definition) is 3. The standard InChI is InChI=1S/C47H54ClN10O8P/c1-65-38-23-31(11-12-34(38)51-47-49-24-33(48)43(53-47)50-35-8-4-5-10-39(35)67(2,3)64)55-17-15-30(16-18-55)56-21-19-54(20-22-56)27-41(60)57-25-29(26-57)28-66-37-9-6-7-32-42(37)46(63)58(45(32)62)36-13-14-40(59)52-44(36)61/h4-12,23-24,29-30,36H,13-22,25-28H2,1-3H3,(H,52,59,61)(H2,49,50,51,53). The zero-order chi connectivity index (χ0) is 47.0. The van der Waals surface area contributed by atoms with Gasteiger partial charge in [-0.25, -0.2) is 4.98 Å². The molecule has 0 spiro atoms. The third kappa shape index (κ3) is 9.84. The van der Waals surface area contributed by atoms with Gasteiger partial charge >= 0.3 is 0 Å². The first-order valence-corrected chi connectivity index (χ1v) is 25.6. The number of nitrogens with zero attached hydrogens (tertiary/aromatic N) is 7. The minimum atomic E-state index is -2.56. The number of rotatable bonds is 14. The molecular formula is C47H54ClN10O8P. The SMILES string of the molecule is COc1cc(N2CCC(N3CCN(CC(=O)N4CC(COc5cccc6c5C(=O)N(C5CCC(=O)NC5=O)C6=O)C4)CC3)CC2)ccc1Nc1ncc(Cl)c(Nc2ccccc2P(C)(C)=O)n1. The molecule has 352 valence electrons. The molecule has 0 bridgehead atoms. The number of imide groups is 2. The van der Waals surface area contributed by atoms with E-state index in [1.165, 1.54) is 12.3 Å². The number of para-hydroxylation sites is 1. The molecule has 6 heterocycles. The van der Waals surface area contributed by atoms with Crippen molar-refractivity contribution < 1.29 is 38.0 Å². The highest BCUT2D eigenvalue weighted by Gasteiger charge is 2.46. The molecule has 5 amide bonds. The lowest BCUT2D eigenvalue weighted by Crippen LogP contribution is -2.57. The van der Waals surface area contributed by atoms with Crippen molar-refractivity contribution in [2.24, 2.45) is 5.92 Å². The molecular weight excluding hydrogens is 899 g/mol. The number of methoxy groups -OCH3 is 1. The monoisotopic (exact) mass is 952 g/mol. The molecule has 5 aliphatic heterocycles. The minimum absolute atomic E-state index is 0.0457. The molecule has 5 aliphatic rings. The number of carbonyl (C=O) groups is 5. The van der Waals surface area contributed by atoms with E-state index < -0.39 is 36.8 Å². The Hall–Kier alpha value is -6.07. The summed E-state index contributed by atoms with van der Waals surface area (Å²) < 4.78 is 24.8. The van der Waals surface area contributed by atoms with Gasteiger partial charge in [0.1, 0.15) is 29.7 Å². The number of carbonyl (C=O) groups excluding carboxylic acids is 5. The lowest BCUT2D eigenvalue weighted by molar-refractivity contribution is -0.140. The van der Waals surface area contributed by atoms with Gasteiger partial charge in [-0.05, 0) is 69.0 Å². The van der Waals surface area contributed by atoms with Crippen LogP contribution >= 0.6 is 18.7 Å². The topological polar surface area (TPSA) is 199 Å². The second kappa shape index (κ2) is 19.3. The van der Waals surface area contributed by atoms with Crippen LogP contribution in [0.5, 0.6) is 11.5 Å². The number of piperidine rings is 2. The predicted molar refractivity (Wildman–Crippen MR) is 254 cm³/mol. The van der Waals surface area contributed by atoms with Gasteiger partial charge in [-0.3, -0.25) is 44.0 Å². The summed E-state index contributed by atoms with van der Waals surface area (Å²) >= 11 is 6.48. The van der Waals surface area contributed by atoms with Crippen LogP contribution in [0, 0.1) is 5.92 Å². The quantitative estimate of drug-likeness (QED) is 0.119. The van der Waals surface area contributed by atoms with Gasteiger partial charge in [0.25, 0.3) is 11.8 Å². The van der Waals surface area contributed by atoms with E-state index in [1.54, 1.807) is 32.6 Å². The lowest BCUT2D eigenvalue weighted by atomic mass is 10.0. The maximum atomic E-state index is 13.4. The van der Waals surface area contributed by atoms with E-state index >= 15 is 0 Å². The van der Waals surface area contributed by atoms with Crippen molar-refractivity contribution in [3.63, 3.8) is 0 Å². The van der Waals surface area contributed by atoms with Crippen LogP contribution in [0.25, 0.3) is 0 Å². The summed E-state index contributed by atoms with van der Waals surface area (Å²) in [6.45, 7) is 10.4. The number of aromatic nitrogens is 2. The molecule has 9 rings (SSSR count). The van der Waals surface area contributed by atoms with Crippen molar-refractivity contribution >= 4 is 82.4 Å². The fraction of sp³-hybridized carbons (Fsp3) is 0.426.